The molecule has 0 bridgehead atoms. The molecule has 0 amide bonds. The molecule has 3 N–H and O–H groups in total. The molecule has 0 spiro atoms. The number of nitrogens with one attached hydrogen (secondary N) is 1. The van der Waals surface area contributed by atoms with E-state index in [0.717, 1.165) is 27.9 Å². The Morgan fingerprint density at radius 1 is 1.22 bits per heavy atom. The summed E-state index contributed by atoms with van der Waals surface area (Å²) in [6, 6.07) is 9.70. The van der Waals surface area contributed by atoms with Crippen LogP contribution >= 0.6 is 0 Å². The van der Waals surface area contributed by atoms with E-state index in [1.54, 1.807) is 13.3 Å². The second-order valence-corrected chi connectivity index (χ2v) is 4.06. The van der Waals surface area contributed by atoms with Crippen molar-refractivity contribution >= 4 is 16.6 Å². The van der Waals surface area contributed by atoms with Crippen LogP contribution in [0.5, 0.6) is 5.75 Å². The lowest BCUT2D eigenvalue weighted by atomic mass is 10.1. The summed E-state index contributed by atoms with van der Waals surface area (Å²) in [4.78, 5) is 7.57. The number of anilines is 1. The fourth-order valence-corrected chi connectivity index (χ4v) is 2.07. The summed E-state index contributed by atoms with van der Waals surface area (Å²) in [5.41, 5.74) is 9.23. The molecule has 0 radical (unpaired) electrons. The SMILES string of the molecule is COc1cccc2c(-c3ccc(N)cn3)c[nH]c12. The summed E-state index contributed by atoms with van der Waals surface area (Å²) in [6.45, 7) is 0. The van der Waals surface area contributed by atoms with Gasteiger partial charge in [-0.15, -0.1) is 0 Å². The second kappa shape index (κ2) is 4.07. The van der Waals surface area contributed by atoms with Crippen LogP contribution in [0.3, 0.4) is 0 Å². The van der Waals surface area contributed by atoms with Gasteiger partial charge in [0.25, 0.3) is 0 Å². The molecule has 18 heavy (non-hydrogen) atoms. The Morgan fingerprint density at radius 3 is 2.83 bits per heavy atom. The van der Waals surface area contributed by atoms with Crippen molar-refractivity contribution in [2.75, 3.05) is 12.8 Å². The summed E-state index contributed by atoms with van der Waals surface area (Å²) in [5.74, 6) is 0.828. The van der Waals surface area contributed by atoms with E-state index in [0.29, 0.717) is 5.69 Å². The molecular weight excluding hydrogens is 226 g/mol. The molecule has 0 aliphatic heterocycles. The quantitative estimate of drug-likeness (QED) is 0.722. The highest BCUT2D eigenvalue weighted by Gasteiger charge is 2.09. The molecule has 3 aromatic rings. The third-order valence-electron chi connectivity index (χ3n) is 2.96. The zero-order valence-corrected chi connectivity index (χ0v) is 9.97. The van der Waals surface area contributed by atoms with Gasteiger partial charge in [-0.2, -0.15) is 0 Å². The standard InChI is InChI=1S/C14H13N3O/c1-18-13-4-2-3-10-11(8-17-14(10)13)12-6-5-9(15)7-16-12/h2-8,17H,15H2,1H3. The van der Waals surface area contributed by atoms with E-state index >= 15 is 0 Å². The minimum Gasteiger partial charge on any atom is -0.495 e. The molecule has 0 atom stereocenters. The first-order chi connectivity index (χ1) is 8.79. The van der Waals surface area contributed by atoms with Crippen molar-refractivity contribution in [3.8, 4) is 17.0 Å². The van der Waals surface area contributed by atoms with Crippen molar-refractivity contribution in [3.63, 3.8) is 0 Å². The van der Waals surface area contributed by atoms with Gasteiger partial charge >= 0.3 is 0 Å². The number of H-pyrrole nitrogens is 1. The predicted molar refractivity (Wildman–Crippen MR) is 72.5 cm³/mol. The van der Waals surface area contributed by atoms with Gasteiger partial charge in [0.2, 0.25) is 0 Å². The maximum Gasteiger partial charge on any atom is 0.142 e. The monoisotopic (exact) mass is 239 g/mol. The topological polar surface area (TPSA) is 63.9 Å². The van der Waals surface area contributed by atoms with E-state index in [2.05, 4.69) is 9.97 Å². The van der Waals surface area contributed by atoms with E-state index in [9.17, 15) is 0 Å². The van der Waals surface area contributed by atoms with E-state index < -0.39 is 0 Å². The second-order valence-electron chi connectivity index (χ2n) is 4.06. The number of hydrogen-bond acceptors (Lipinski definition) is 3. The van der Waals surface area contributed by atoms with Crippen LogP contribution in [0.4, 0.5) is 5.69 Å². The number of rotatable bonds is 2. The molecule has 2 heterocycles. The molecule has 4 heteroatoms. The van der Waals surface area contributed by atoms with Gasteiger partial charge in [0.05, 0.1) is 30.2 Å². The zero-order valence-electron chi connectivity index (χ0n) is 9.97. The molecule has 0 fully saturated rings. The van der Waals surface area contributed by atoms with Gasteiger partial charge in [-0.1, -0.05) is 12.1 Å². The molecular formula is C14H13N3O. The summed E-state index contributed by atoms with van der Waals surface area (Å²) >= 11 is 0. The Bertz CT molecular complexity index is 686. The van der Waals surface area contributed by atoms with Gasteiger partial charge in [0.1, 0.15) is 5.75 Å². The largest absolute Gasteiger partial charge is 0.495 e. The summed E-state index contributed by atoms with van der Waals surface area (Å²) in [7, 11) is 1.66. The highest BCUT2D eigenvalue weighted by Crippen LogP contribution is 2.32. The maximum atomic E-state index is 5.65. The van der Waals surface area contributed by atoms with Crippen molar-refractivity contribution < 1.29 is 4.74 Å². The van der Waals surface area contributed by atoms with Crippen molar-refractivity contribution in [1.29, 1.82) is 0 Å². The normalized spacial score (nSPS) is 10.7. The molecule has 90 valence electrons. The number of aromatic nitrogens is 2. The number of methoxy groups -OCH3 is 1. The number of para-hydroxylation sites is 1. The van der Waals surface area contributed by atoms with Gasteiger partial charge in [-0.05, 0) is 18.2 Å². The van der Waals surface area contributed by atoms with Crippen LogP contribution in [-0.4, -0.2) is 17.1 Å². The van der Waals surface area contributed by atoms with Gasteiger partial charge in [-0.3, -0.25) is 4.98 Å². The van der Waals surface area contributed by atoms with Crippen LogP contribution in [0.2, 0.25) is 0 Å². The van der Waals surface area contributed by atoms with E-state index in [1.807, 2.05) is 36.5 Å². The minimum absolute atomic E-state index is 0.663. The van der Waals surface area contributed by atoms with E-state index in [1.165, 1.54) is 0 Å². The summed E-state index contributed by atoms with van der Waals surface area (Å²) in [5, 5.41) is 1.09. The van der Waals surface area contributed by atoms with Crippen molar-refractivity contribution in [3.05, 3.63) is 42.7 Å². The van der Waals surface area contributed by atoms with Gasteiger partial charge in [-0.25, -0.2) is 0 Å². The van der Waals surface area contributed by atoms with Crippen LogP contribution in [0.1, 0.15) is 0 Å². The number of nitrogens with two attached hydrogens (primary N) is 1. The number of benzene rings is 1. The predicted octanol–water partition coefficient (Wildman–Crippen LogP) is 2.82. The molecule has 0 saturated heterocycles. The first-order valence-corrected chi connectivity index (χ1v) is 5.65. The lowest BCUT2D eigenvalue weighted by Crippen LogP contribution is -1.87. The Morgan fingerprint density at radius 2 is 2.11 bits per heavy atom. The van der Waals surface area contributed by atoms with Crippen LogP contribution in [0, 0.1) is 0 Å². The Hall–Kier alpha value is -2.49. The number of nitrogens with zero attached hydrogens (tertiary/aromatic N) is 1. The molecule has 4 nitrogen and oxygen atoms in total. The van der Waals surface area contributed by atoms with Crippen molar-refractivity contribution in [1.82, 2.24) is 9.97 Å². The van der Waals surface area contributed by atoms with Crippen LogP contribution in [0.15, 0.2) is 42.7 Å². The number of hydrogen-bond donors (Lipinski definition) is 2. The number of pyridine rings is 1. The Labute approximate surface area is 104 Å². The molecule has 0 aliphatic carbocycles. The zero-order chi connectivity index (χ0) is 12.5. The van der Waals surface area contributed by atoms with Crippen LogP contribution in [-0.2, 0) is 0 Å². The third kappa shape index (κ3) is 1.59. The molecule has 3 rings (SSSR count). The van der Waals surface area contributed by atoms with E-state index in [-0.39, 0.29) is 0 Å². The molecule has 0 aliphatic rings. The van der Waals surface area contributed by atoms with Crippen molar-refractivity contribution in [2.45, 2.75) is 0 Å². The van der Waals surface area contributed by atoms with E-state index in [4.69, 9.17) is 10.5 Å². The summed E-state index contributed by atoms with van der Waals surface area (Å²) < 4.78 is 5.32. The average Bonchev–Trinajstić information content (AvgIpc) is 2.83. The van der Waals surface area contributed by atoms with Gasteiger partial charge in [0, 0.05) is 17.1 Å². The number of nitrogen functional groups attached to an aromatic ring is 1. The smallest absolute Gasteiger partial charge is 0.142 e. The van der Waals surface area contributed by atoms with Crippen LogP contribution < -0.4 is 10.5 Å². The first-order valence-electron chi connectivity index (χ1n) is 5.65. The fourth-order valence-electron chi connectivity index (χ4n) is 2.07. The van der Waals surface area contributed by atoms with Crippen molar-refractivity contribution in [2.24, 2.45) is 0 Å². The Balaban J connectivity index is 2.21. The Kier molecular flexibility index (Phi) is 2.41. The molecule has 2 aromatic heterocycles. The lowest BCUT2D eigenvalue weighted by molar-refractivity contribution is 0.419. The average molecular weight is 239 g/mol. The third-order valence-corrected chi connectivity index (χ3v) is 2.96. The number of fused-ring (bicyclic) bond motifs is 1. The minimum atomic E-state index is 0.663. The maximum absolute atomic E-state index is 5.65. The van der Waals surface area contributed by atoms with Crippen LogP contribution in [0.25, 0.3) is 22.2 Å². The lowest BCUT2D eigenvalue weighted by Gasteiger charge is -2.02. The number of aromatic amines is 1. The highest BCUT2D eigenvalue weighted by atomic mass is 16.5. The number of ether oxygens (including phenoxy) is 1. The molecule has 0 unspecified atom stereocenters. The summed E-state index contributed by atoms with van der Waals surface area (Å²) in [6.07, 6.45) is 3.60. The first kappa shape index (κ1) is 10.7. The highest BCUT2D eigenvalue weighted by molar-refractivity contribution is 5.97. The fraction of sp³-hybridized carbons (Fsp3) is 0.0714. The van der Waals surface area contributed by atoms with Gasteiger partial charge < -0.3 is 15.5 Å². The molecule has 0 saturated carbocycles. The molecule has 1 aromatic carbocycles. The van der Waals surface area contributed by atoms with Gasteiger partial charge in [0.15, 0.2) is 0 Å².